The molecular weight excluding hydrogens is 935 g/mol. The third kappa shape index (κ3) is 61.0. The summed E-state index contributed by atoms with van der Waals surface area (Å²) in [4.78, 5) is 24.6. The molecule has 0 saturated carbocycles. The van der Waals surface area contributed by atoms with Crippen LogP contribution in [0.4, 0.5) is 0 Å². The number of rotatable bonds is 63. The Labute approximate surface area is 474 Å². The molecule has 2 atom stereocenters. The summed E-state index contributed by atoms with van der Waals surface area (Å²) in [5.41, 5.74) is 0. The summed E-state index contributed by atoms with van der Waals surface area (Å²) < 4.78 is 5.47. The quantitative estimate of drug-likeness (QED) is 0.0244. The zero-order valence-electron chi connectivity index (χ0n) is 51.0. The Morgan fingerprint density at radius 3 is 1.09 bits per heavy atom. The average molecular weight is 1070 g/mol. The molecule has 6 heteroatoms. The highest BCUT2D eigenvalue weighted by atomic mass is 16.5. The smallest absolute Gasteiger partial charge is 0.305 e. The molecule has 0 heterocycles. The monoisotopic (exact) mass is 1070 g/mol. The van der Waals surface area contributed by atoms with Crippen LogP contribution in [0.2, 0.25) is 0 Å². The maximum absolute atomic E-state index is 12.5. The number of hydrogen-bond acceptors (Lipinski definition) is 5. The van der Waals surface area contributed by atoms with E-state index in [2.05, 4.69) is 67.8 Å². The molecule has 0 aliphatic rings. The van der Waals surface area contributed by atoms with Gasteiger partial charge in [-0.3, -0.25) is 9.59 Å². The van der Waals surface area contributed by atoms with Gasteiger partial charge in [0, 0.05) is 12.8 Å². The van der Waals surface area contributed by atoms with Crippen LogP contribution in [0.3, 0.4) is 0 Å². The van der Waals surface area contributed by atoms with Gasteiger partial charge in [0.05, 0.1) is 25.4 Å². The van der Waals surface area contributed by atoms with Gasteiger partial charge in [-0.15, -0.1) is 0 Å². The van der Waals surface area contributed by atoms with Crippen LogP contribution >= 0.6 is 0 Å². The standard InChI is InChI=1S/C70H131NO5/c1-3-5-7-9-11-13-15-17-19-21-23-24-25-27-30-34-38-42-46-50-54-58-62-68(73)67(66-72)71-69(74)63-59-55-51-47-43-39-35-31-28-26-29-33-37-41-45-49-53-57-61-65-76-70(75)64-60-56-52-48-44-40-36-32-22-20-18-16-14-12-10-8-6-4-2/h14,16,20,22,33,37,41,45,67-68,72-73H,3-13,15,17-19,21,23-32,34-36,38-40,42-44,46-66H2,1-2H3,(H,71,74)/b16-14-,22-20-,37-33-,45-41-. The number of esters is 1. The van der Waals surface area contributed by atoms with Crippen molar-refractivity contribution in [2.45, 2.75) is 373 Å². The van der Waals surface area contributed by atoms with Crippen molar-refractivity contribution in [3.63, 3.8) is 0 Å². The summed E-state index contributed by atoms with van der Waals surface area (Å²) in [5, 5.41) is 23.4. The number of carbonyl (C=O) groups is 2. The van der Waals surface area contributed by atoms with Crippen LogP contribution in [-0.4, -0.2) is 47.4 Å². The lowest BCUT2D eigenvalue weighted by molar-refractivity contribution is -0.143. The molecule has 3 N–H and O–H groups in total. The first-order valence-corrected chi connectivity index (χ1v) is 33.9. The minimum atomic E-state index is -0.674. The van der Waals surface area contributed by atoms with E-state index in [4.69, 9.17) is 4.74 Å². The number of amides is 1. The van der Waals surface area contributed by atoms with Gasteiger partial charge in [0.25, 0.3) is 0 Å². The van der Waals surface area contributed by atoms with E-state index in [-0.39, 0.29) is 18.5 Å². The fourth-order valence-corrected chi connectivity index (χ4v) is 10.4. The minimum absolute atomic E-state index is 0.0203. The molecule has 446 valence electrons. The van der Waals surface area contributed by atoms with Gasteiger partial charge >= 0.3 is 5.97 Å². The summed E-state index contributed by atoms with van der Waals surface area (Å²) in [6, 6.07) is -0.552. The number of carbonyl (C=O) groups excluding carboxylic acids is 2. The molecule has 76 heavy (non-hydrogen) atoms. The number of unbranched alkanes of at least 4 members (excludes halogenated alkanes) is 45. The highest BCUT2D eigenvalue weighted by molar-refractivity contribution is 5.76. The van der Waals surface area contributed by atoms with Crippen LogP contribution in [0.1, 0.15) is 361 Å². The van der Waals surface area contributed by atoms with Gasteiger partial charge in [0.1, 0.15) is 0 Å². The first-order chi connectivity index (χ1) is 37.5. The van der Waals surface area contributed by atoms with Crippen LogP contribution in [0.15, 0.2) is 48.6 Å². The average Bonchev–Trinajstić information content (AvgIpc) is 3.42. The number of ether oxygens (including phenoxy) is 1. The zero-order valence-corrected chi connectivity index (χ0v) is 51.0. The third-order valence-electron chi connectivity index (χ3n) is 15.6. The first-order valence-electron chi connectivity index (χ1n) is 33.9. The van der Waals surface area contributed by atoms with Crippen molar-refractivity contribution in [1.29, 1.82) is 0 Å². The van der Waals surface area contributed by atoms with Crippen molar-refractivity contribution in [2.75, 3.05) is 13.2 Å². The summed E-state index contributed by atoms with van der Waals surface area (Å²) in [7, 11) is 0. The highest BCUT2D eigenvalue weighted by Gasteiger charge is 2.20. The van der Waals surface area contributed by atoms with E-state index in [0.29, 0.717) is 25.9 Å². The number of hydrogen-bond donors (Lipinski definition) is 3. The summed E-state index contributed by atoms with van der Waals surface area (Å²) in [6.45, 7) is 4.92. The lowest BCUT2D eigenvalue weighted by Crippen LogP contribution is -2.45. The largest absolute Gasteiger partial charge is 0.466 e. The second-order valence-electron chi connectivity index (χ2n) is 23.2. The van der Waals surface area contributed by atoms with E-state index in [1.54, 1.807) is 0 Å². The van der Waals surface area contributed by atoms with Crippen molar-refractivity contribution in [1.82, 2.24) is 5.32 Å². The molecule has 0 bridgehead atoms. The molecule has 0 aromatic rings. The van der Waals surface area contributed by atoms with E-state index in [1.807, 2.05) is 0 Å². The molecule has 0 spiro atoms. The lowest BCUT2D eigenvalue weighted by atomic mass is 10.0. The van der Waals surface area contributed by atoms with Crippen LogP contribution in [0.5, 0.6) is 0 Å². The van der Waals surface area contributed by atoms with Crippen LogP contribution < -0.4 is 5.32 Å². The number of nitrogens with one attached hydrogen (secondary N) is 1. The van der Waals surface area contributed by atoms with E-state index < -0.39 is 12.1 Å². The van der Waals surface area contributed by atoms with Gasteiger partial charge < -0.3 is 20.3 Å². The molecule has 0 aromatic heterocycles. The van der Waals surface area contributed by atoms with Crippen molar-refractivity contribution >= 4 is 11.9 Å². The second-order valence-corrected chi connectivity index (χ2v) is 23.2. The van der Waals surface area contributed by atoms with Crippen molar-refractivity contribution in [3.05, 3.63) is 48.6 Å². The molecular formula is C70H131NO5. The topological polar surface area (TPSA) is 95.9 Å². The van der Waals surface area contributed by atoms with Crippen LogP contribution in [0, 0.1) is 0 Å². The van der Waals surface area contributed by atoms with Gasteiger partial charge in [-0.25, -0.2) is 0 Å². The maximum atomic E-state index is 12.5. The van der Waals surface area contributed by atoms with Gasteiger partial charge in [-0.1, -0.05) is 306 Å². The Bertz CT molecular complexity index is 1270. The molecule has 1 amide bonds. The molecule has 0 aliphatic heterocycles. The molecule has 0 rings (SSSR count). The fraction of sp³-hybridized carbons (Fsp3) is 0.857. The Morgan fingerprint density at radius 2 is 0.697 bits per heavy atom. The van der Waals surface area contributed by atoms with Gasteiger partial charge in [0.2, 0.25) is 5.91 Å². The van der Waals surface area contributed by atoms with Gasteiger partial charge in [-0.05, 0) is 89.9 Å². The Balaban J connectivity index is 3.47. The van der Waals surface area contributed by atoms with Gasteiger partial charge in [-0.2, -0.15) is 0 Å². The number of allylic oxidation sites excluding steroid dienone is 8. The Morgan fingerprint density at radius 1 is 0.382 bits per heavy atom. The molecule has 0 aromatic carbocycles. The molecule has 0 radical (unpaired) electrons. The summed E-state index contributed by atoms with van der Waals surface area (Å²) >= 11 is 0. The minimum Gasteiger partial charge on any atom is -0.466 e. The SMILES string of the molecule is CCCCCC/C=C\C/C=C\CCCCCCCCCC(=O)OCCCCC/C=C\C=C/CCCCCCCCCCCCC(=O)NC(CO)C(O)CCCCCCCCCCCCCCCCCCCCCCCC. The summed E-state index contributed by atoms with van der Waals surface area (Å²) in [5.74, 6) is -0.0624. The molecule has 6 nitrogen and oxygen atoms in total. The first kappa shape index (κ1) is 73.8. The molecule has 2 unspecified atom stereocenters. The van der Waals surface area contributed by atoms with Crippen LogP contribution in [-0.2, 0) is 14.3 Å². The normalized spacial score (nSPS) is 12.8. The highest BCUT2D eigenvalue weighted by Crippen LogP contribution is 2.18. The Kier molecular flexibility index (Phi) is 63.5. The van der Waals surface area contributed by atoms with E-state index in [0.717, 1.165) is 77.0 Å². The lowest BCUT2D eigenvalue weighted by Gasteiger charge is -2.22. The van der Waals surface area contributed by atoms with E-state index in [1.165, 1.54) is 250 Å². The second kappa shape index (κ2) is 65.3. The molecule has 0 aliphatic carbocycles. The molecule has 0 fully saturated rings. The van der Waals surface area contributed by atoms with Crippen molar-refractivity contribution in [2.24, 2.45) is 0 Å². The maximum Gasteiger partial charge on any atom is 0.305 e. The van der Waals surface area contributed by atoms with Crippen molar-refractivity contribution < 1.29 is 24.5 Å². The Hall–Kier alpha value is -2.18. The van der Waals surface area contributed by atoms with Crippen LogP contribution in [0.25, 0.3) is 0 Å². The fourth-order valence-electron chi connectivity index (χ4n) is 10.4. The van der Waals surface area contributed by atoms with Crippen molar-refractivity contribution in [3.8, 4) is 0 Å². The summed E-state index contributed by atoms with van der Waals surface area (Å²) in [6.07, 6.45) is 84.2. The predicted octanol–water partition coefficient (Wildman–Crippen LogP) is 21.7. The van der Waals surface area contributed by atoms with E-state index >= 15 is 0 Å². The third-order valence-corrected chi connectivity index (χ3v) is 15.6. The number of aliphatic hydroxyl groups is 2. The van der Waals surface area contributed by atoms with Gasteiger partial charge in [0.15, 0.2) is 0 Å². The zero-order chi connectivity index (χ0) is 55.0. The predicted molar refractivity (Wildman–Crippen MR) is 333 cm³/mol. The van der Waals surface area contributed by atoms with E-state index in [9.17, 15) is 19.8 Å². The number of aliphatic hydroxyl groups excluding tert-OH is 2. The molecule has 0 saturated heterocycles.